The van der Waals surface area contributed by atoms with E-state index in [0.717, 1.165) is 56.5 Å². The molecule has 0 radical (unpaired) electrons. The lowest BCUT2D eigenvalue weighted by molar-refractivity contribution is -0.136. The third-order valence-electron chi connectivity index (χ3n) is 6.61. The van der Waals surface area contributed by atoms with Crippen LogP contribution in [0.5, 0.6) is 0 Å². The number of pyridine rings is 2. The van der Waals surface area contributed by atoms with Gasteiger partial charge in [0.15, 0.2) is 0 Å². The van der Waals surface area contributed by atoms with Crippen molar-refractivity contribution in [2.24, 2.45) is 5.41 Å². The molecule has 4 aromatic rings. The van der Waals surface area contributed by atoms with Gasteiger partial charge in [-0.25, -0.2) is 9.97 Å². The summed E-state index contributed by atoms with van der Waals surface area (Å²) in [6.45, 7) is 8.97. The summed E-state index contributed by atoms with van der Waals surface area (Å²) in [5.41, 5.74) is 6.93. The Bertz CT molecular complexity index is 1410. The van der Waals surface area contributed by atoms with E-state index in [1.165, 1.54) is 11.3 Å². The molecule has 0 aromatic carbocycles. The second-order valence-corrected chi connectivity index (χ2v) is 10.9. The number of hydrogen-bond acceptors (Lipinski definition) is 7. The lowest BCUT2D eigenvalue weighted by Crippen LogP contribution is -2.20. The van der Waals surface area contributed by atoms with E-state index in [1.54, 1.807) is 13.3 Å². The van der Waals surface area contributed by atoms with Gasteiger partial charge in [-0.2, -0.15) is 0 Å². The first-order valence-corrected chi connectivity index (χ1v) is 13.3. The summed E-state index contributed by atoms with van der Waals surface area (Å²) in [5.74, 6) is -0.835. The number of nitrogens with zero attached hydrogens (tertiary/aromatic N) is 4. The Morgan fingerprint density at radius 3 is 2.68 bits per heavy atom. The molecule has 0 aliphatic rings. The smallest absolute Gasteiger partial charge is 0.303 e. The van der Waals surface area contributed by atoms with Crippen LogP contribution in [0.1, 0.15) is 56.5 Å². The minimum atomic E-state index is -0.835. The van der Waals surface area contributed by atoms with Crippen LogP contribution in [0.3, 0.4) is 0 Å². The molecule has 0 saturated heterocycles. The van der Waals surface area contributed by atoms with E-state index in [2.05, 4.69) is 33.6 Å². The zero-order valence-electron chi connectivity index (χ0n) is 22.0. The van der Waals surface area contributed by atoms with Gasteiger partial charge in [-0.3, -0.25) is 9.78 Å². The first kappa shape index (κ1) is 26.9. The second-order valence-electron chi connectivity index (χ2n) is 9.97. The highest BCUT2D eigenvalue weighted by Crippen LogP contribution is 2.40. The number of thiazole rings is 1. The average molecular weight is 523 g/mol. The molecule has 0 saturated carbocycles. The third kappa shape index (κ3) is 5.58. The number of aryl methyl sites for hydroxylation is 2. The van der Waals surface area contributed by atoms with Crippen molar-refractivity contribution in [3.8, 4) is 22.6 Å². The molecule has 1 atom stereocenters. The highest BCUT2D eigenvalue weighted by Gasteiger charge is 2.28. The fourth-order valence-electron chi connectivity index (χ4n) is 4.58. The summed E-state index contributed by atoms with van der Waals surface area (Å²) in [6.07, 6.45) is 2.66. The third-order valence-corrected chi connectivity index (χ3v) is 7.51. The largest absolute Gasteiger partial charge is 0.481 e. The molecule has 37 heavy (non-hydrogen) atoms. The Hall–Kier alpha value is -3.14. The number of rotatable bonds is 11. The minimum Gasteiger partial charge on any atom is -0.481 e. The Balaban J connectivity index is 1.94. The molecule has 0 aliphatic heterocycles. The van der Waals surface area contributed by atoms with Crippen molar-refractivity contribution >= 4 is 28.3 Å². The number of aromatic nitrogens is 4. The quantitative estimate of drug-likeness (QED) is 0.267. The highest BCUT2D eigenvalue weighted by atomic mass is 32.1. The van der Waals surface area contributed by atoms with Crippen LogP contribution in [-0.2, 0) is 28.9 Å². The van der Waals surface area contributed by atoms with Crippen LogP contribution in [-0.4, -0.2) is 49.4 Å². The number of ether oxygens (including phenoxy) is 1. The Morgan fingerprint density at radius 2 is 2.00 bits per heavy atom. The van der Waals surface area contributed by atoms with Gasteiger partial charge in [-0.05, 0) is 49.9 Å². The van der Waals surface area contributed by atoms with Gasteiger partial charge in [0.25, 0.3) is 0 Å². The molecular weight excluding hydrogens is 488 g/mol. The van der Waals surface area contributed by atoms with Crippen LogP contribution in [0.25, 0.3) is 33.7 Å². The van der Waals surface area contributed by atoms with Crippen molar-refractivity contribution in [3.63, 3.8) is 0 Å². The fourth-order valence-corrected chi connectivity index (χ4v) is 5.37. The molecule has 2 N–H and O–H groups in total. The van der Waals surface area contributed by atoms with Crippen molar-refractivity contribution in [3.05, 3.63) is 52.1 Å². The fraction of sp³-hybridized carbons (Fsp3) is 0.429. The standard InChI is InChI=1S/C28H34N4O4S/c1-6-32-22-10-9-20(21-15-37-23(30-21)11-12-24(34)35)31-26(22)19(14-28(3,4)16-33)27(32)18-8-7-13-29-25(18)17(2)36-5/h7-10,13,15,17,33H,6,11-12,14,16H2,1-5H3,(H,34,35)/t17-/m0/s1. The number of aliphatic hydroxyl groups is 1. The number of carbonyl (C=O) groups is 1. The summed E-state index contributed by atoms with van der Waals surface area (Å²) in [5, 5.41) is 21.9. The second kappa shape index (κ2) is 11.1. The molecule has 4 heterocycles. The maximum Gasteiger partial charge on any atom is 0.303 e. The first-order chi connectivity index (χ1) is 17.7. The van der Waals surface area contributed by atoms with E-state index in [4.69, 9.17) is 14.8 Å². The molecular formula is C28H34N4O4S. The van der Waals surface area contributed by atoms with Gasteiger partial charge in [0, 0.05) is 49.4 Å². The molecule has 0 bridgehead atoms. The monoisotopic (exact) mass is 522 g/mol. The SMILES string of the molecule is CCn1c(-c2cccnc2[C@H](C)OC)c(CC(C)(C)CO)c2nc(-c3csc(CCC(=O)O)n3)ccc21. The highest BCUT2D eigenvalue weighted by molar-refractivity contribution is 7.09. The molecule has 8 nitrogen and oxygen atoms in total. The number of carboxylic acid groups (broad SMARTS) is 1. The van der Waals surface area contributed by atoms with Gasteiger partial charge in [0.1, 0.15) is 0 Å². The lowest BCUT2D eigenvalue weighted by atomic mass is 9.85. The molecule has 0 aliphatic carbocycles. The molecule has 0 amide bonds. The van der Waals surface area contributed by atoms with Crippen LogP contribution in [0.4, 0.5) is 0 Å². The topological polar surface area (TPSA) is 110 Å². The number of fused-ring (bicyclic) bond motifs is 1. The van der Waals surface area contributed by atoms with E-state index in [1.807, 2.05) is 38.3 Å². The summed E-state index contributed by atoms with van der Waals surface area (Å²) in [4.78, 5) is 25.4. The van der Waals surface area contributed by atoms with Gasteiger partial charge in [-0.15, -0.1) is 11.3 Å². The molecule has 0 spiro atoms. The summed E-state index contributed by atoms with van der Waals surface area (Å²) in [7, 11) is 1.68. The van der Waals surface area contributed by atoms with E-state index < -0.39 is 5.97 Å². The zero-order valence-corrected chi connectivity index (χ0v) is 22.8. The van der Waals surface area contributed by atoms with Crippen molar-refractivity contribution in [1.29, 1.82) is 0 Å². The van der Waals surface area contributed by atoms with Crippen LogP contribution in [0, 0.1) is 5.41 Å². The summed E-state index contributed by atoms with van der Waals surface area (Å²) < 4.78 is 7.91. The van der Waals surface area contributed by atoms with Crippen molar-refractivity contribution < 1.29 is 19.7 Å². The van der Waals surface area contributed by atoms with E-state index >= 15 is 0 Å². The van der Waals surface area contributed by atoms with Crippen molar-refractivity contribution in [2.75, 3.05) is 13.7 Å². The maximum absolute atomic E-state index is 11.0. The summed E-state index contributed by atoms with van der Waals surface area (Å²) in [6, 6.07) is 8.06. The van der Waals surface area contributed by atoms with Crippen LogP contribution < -0.4 is 0 Å². The number of methoxy groups -OCH3 is 1. The molecule has 0 fully saturated rings. The molecule has 0 unspecified atom stereocenters. The maximum atomic E-state index is 11.0. The number of aliphatic hydroxyl groups excluding tert-OH is 1. The van der Waals surface area contributed by atoms with Crippen molar-refractivity contribution in [1.82, 2.24) is 19.5 Å². The summed E-state index contributed by atoms with van der Waals surface area (Å²) >= 11 is 1.45. The van der Waals surface area contributed by atoms with Crippen molar-refractivity contribution in [2.45, 2.75) is 59.6 Å². The predicted octanol–water partition coefficient (Wildman–Crippen LogP) is 5.53. The molecule has 4 rings (SSSR count). The number of aliphatic carboxylic acids is 1. The Morgan fingerprint density at radius 1 is 1.22 bits per heavy atom. The van der Waals surface area contributed by atoms with Gasteiger partial charge < -0.3 is 19.5 Å². The number of carboxylic acids is 1. The van der Waals surface area contributed by atoms with Gasteiger partial charge >= 0.3 is 5.97 Å². The Labute approximate surface area is 221 Å². The normalized spacial score (nSPS) is 12.8. The van der Waals surface area contributed by atoms with Crippen LogP contribution in [0.2, 0.25) is 0 Å². The van der Waals surface area contributed by atoms with Gasteiger partial charge in [-0.1, -0.05) is 13.8 Å². The van der Waals surface area contributed by atoms with Crippen LogP contribution in [0.15, 0.2) is 35.8 Å². The average Bonchev–Trinajstić information content (AvgIpc) is 3.49. The number of hydrogen-bond donors (Lipinski definition) is 2. The van der Waals surface area contributed by atoms with E-state index in [-0.39, 0.29) is 24.5 Å². The Kier molecular flexibility index (Phi) is 8.06. The van der Waals surface area contributed by atoms with E-state index in [0.29, 0.717) is 12.8 Å². The minimum absolute atomic E-state index is 0.0400. The predicted molar refractivity (Wildman–Crippen MR) is 146 cm³/mol. The lowest BCUT2D eigenvalue weighted by Gasteiger charge is -2.23. The van der Waals surface area contributed by atoms with Gasteiger partial charge in [0.05, 0.1) is 51.3 Å². The zero-order chi connectivity index (χ0) is 26.7. The molecule has 196 valence electrons. The van der Waals surface area contributed by atoms with E-state index in [9.17, 15) is 9.90 Å². The molecule has 4 aromatic heterocycles. The first-order valence-electron chi connectivity index (χ1n) is 12.5. The van der Waals surface area contributed by atoms with Crippen LogP contribution >= 0.6 is 11.3 Å². The molecule has 9 heteroatoms. The van der Waals surface area contributed by atoms with Gasteiger partial charge in [0.2, 0.25) is 0 Å².